The molecule has 0 N–H and O–H groups in total. The molecule has 0 unspecified atom stereocenters. The van der Waals surface area contributed by atoms with E-state index >= 15 is 0 Å². The summed E-state index contributed by atoms with van der Waals surface area (Å²) in [6, 6.07) is 28.6. The molecule has 0 heterocycles. The standard InChI is InChI=1S/C22H18OS2/c23-21-20-14-8-7-9-17(20)15-16-22(21,24-18-10-3-1-4-11-18)25-19-12-5-2-6-13-19/h1-14H,15-16H2. The summed E-state index contributed by atoms with van der Waals surface area (Å²) in [6.07, 6.45) is 1.77. The van der Waals surface area contributed by atoms with E-state index in [9.17, 15) is 4.79 Å². The molecule has 0 amide bonds. The van der Waals surface area contributed by atoms with Gasteiger partial charge in [0.2, 0.25) is 0 Å². The molecule has 1 nitrogen and oxygen atoms in total. The topological polar surface area (TPSA) is 17.1 Å². The lowest BCUT2D eigenvalue weighted by Crippen LogP contribution is -2.36. The van der Waals surface area contributed by atoms with Crippen molar-refractivity contribution in [1.82, 2.24) is 0 Å². The lowest BCUT2D eigenvalue weighted by molar-refractivity contribution is 0.0967. The SMILES string of the molecule is O=C1c2ccccc2CCC1(Sc1ccccc1)Sc1ccccc1. The van der Waals surface area contributed by atoms with E-state index in [4.69, 9.17) is 0 Å². The van der Waals surface area contributed by atoms with Crippen molar-refractivity contribution in [2.75, 3.05) is 0 Å². The Labute approximate surface area is 156 Å². The van der Waals surface area contributed by atoms with E-state index < -0.39 is 4.08 Å². The van der Waals surface area contributed by atoms with Gasteiger partial charge in [-0.05, 0) is 42.7 Å². The average molecular weight is 363 g/mol. The molecule has 3 heteroatoms. The van der Waals surface area contributed by atoms with Crippen LogP contribution in [-0.2, 0) is 6.42 Å². The van der Waals surface area contributed by atoms with Crippen molar-refractivity contribution in [3.05, 3.63) is 96.1 Å². The third kappa shape index (κ3) is 3.39. The molecule has 0 aromatic heterocycles. The number of fused-ring (bicyclic) bond motifs is 1. The van der Waals surface area contributed by atoms with Crippen LogP contribution in [0.3, 0.4) is 0 Å². The van der Waals surface area contributed by atoms with Crippen molar-refractivity contribution in [3.8, 4) is 0 Å². The first-order valence-corrected chi connectivity index (χ1v) is 10.0. The van der Waals surface area contributed by atoms with E-state index in [-0.39, 0.29) is 5.78 Å². The summed E-state index contributed by atoms with van der Waals surface area (Å²) in [5.41, 5.74) is 2.05. The predicted octanol–water partition coefficient (Wildman–Crippen LogP) is 6.10. The van der Waals surface area contributed by atoms with Gasteiger partial charge in [-0.2, -0.15) is 0 Å². The zero-order valence-corrected chi connectivity index (χ0v) is 15.4. The van der Waals surface area contributed by atoms with Crippen LogP contribution in [0.1, 0.15) is 22.3 Å². The van der Waals surface area contributed by atoms with Gasteiger partial charge < -0.3 is 0 Å². The van der Waals surface area contributed by atoms with Crippen molar-refractivity contribution in [2.45, 2.75) is 26.7 Å². The van der Waals surface area contributed by atoms with Gasteiger partial charge in [0.15, 0.2) is 5.78 Å². The molecule has 4 rings (SSSR count). The van der Waals surface area contributed by atoms with Crippen LogP contribution in [0.5, 0.6) is 0 Å². The molecule has 0 aliphatic heterocycles. The Morgan fingerprint density at radius 1 is 0.680 bits per heavy atom. The lowest BCUT2D eigenvalue weighted by Gasteiger charge is -2.35. The van der Waals surface area contributed by atoms with E-state index in [2.05, 4.69) is 30.3 Å². The van der Waals surface area contributed by atoms with Crippen LogP contribution >= 0.6 is 23.5 Å². The largest absolute Gasteiger partial charge is 0.292 e. The molecule has 0 spiro atoms. The summed E-state index contributed by atoms with van der Waals surface area (Å²) in [6.45, 7) is 0. The number of rotatable bonds is 4. The van der Waals surface area contributed by atoms with Gasteiger partial charge in [0.1, 0.15) is 4.08 Å². The van der Waals surface area contributed by atoms with Gasteiger partial charge in [0.25, 0.3) is 0 Å². The molecule has 0 atom stereocenters. The van der Waals surface area contributed by atoms with Gasteiger partial charge in [-0.1, -0.05) is 84.2 Å². The van der Waals surface area contributed by atoms with Gasteiger partial charge >= 0.3 is 0 Å². The molecule has 1 aliphatic rings. The molecule has 3 aromatic carbocycles. The summed E-state index contributed by atoms with van der Waals surface area (Å²) in [7, 11) is 0. The van der Waals surface area contributed by atoms with Crippen molar-refractivity contribution < 1.29 is 4.79 Å². The molecule has 0 radical (unpaired) electrons. The molecular formula is C22H18OS2. The van der Waals surface area contributed by atoms with Gasteiger partial charge in [0, 0.05) is 15.4 Å². The molecular weight excluding hydrogens is 344 g/mol. The van der Waals surface area contributed by atoms with Gasteiger partial charge in [-0.15, -0.1) is 0 Å². The molecule has 0 saturated carbocycles. The lowest BCUT2D eigenvalue weighted by atomic mass is 9.90. The summed E-state index contributed by atoms with van der Waals surface area (Å²) in [5, 5.41) is 0. The number of carbonyl (C=O) groups is 1. The molecule has 124 valence electrons. The van der Waals surface area contributed by atoms with Crippen molar-refractivity contribution in [2.24, 2.45) is 0 Å². The minimum absolute atomic E-state index is 0.233. The minimum Gasteiger partial charge on any atom is -0.292 e. The summed E-state index contributed by atoms with van der Waals surface area (Å²) < 4.78 is -0.517. The summed E-state index contributed by atoms with van der Waals surface area (Å²) in [5.74, 6) is 0.233. The highest BCUT2D eigenvalue weighted by molar-refractivity contribution is 8.19. The van der Waals surface area contributed by atoms with Crippen LogP contribution in [0.25, 0.3) is 0 Å². The van der Waals surface area contributed by atoms with Crippen molar-refractivity contribution in [3.63, 3.8) is 0 Å². The minimum atomic E-state index is -0.517. The Morgan fingerprint density at radius 2 is 1.20 bits per heavy atom. The normalized spacial score (nSPS) is 15.6. The number of hydrogen-bond acceptors (Lipinski definition) is 3. The molecule has 0 saturated heterocycles. The first-order valence-electron chi connectivity index (χ1n) is 8.38. The molecule has 0 bridgehead atoms. The van der Waals surface area contributed by atoms with Crippen molar-refractivity contribution >= 4 is 29.3 Å². The number of Topliss-reactive ketones (excluding diaryl/α,β-unsaturated/α-hetero) is 1. The average Bonchev–Trinajstić information content (AvgIpc) is 2.67. The fraction of sp³-hybridized carbons (Fsp3) is 0.136. The molecule has 1 aliphatic carbocycles. The Balaban J connectivity index is 1.75. The van der Waals surface area contributed by atoms with Crippen LogP contribution < -0.4 is 0 Å². The van der Waals surface area contributed by atoms with E-state index in [1.807, 2.05) is 54.6 Å². The number of hydrogen-bond donors (Lipinski definition) is 0. The third-order valence-corrected chi connectivity index (χ3v) is 7.34. The third-order valence-electron chi connectivity index (χ3n) is 4.38. The Morgan fingerprint density at radius 3 is 1.80 bits per heavy atom. The van der Waals surface area contributed by atoms with E-state index in [1.54, 1.807) is 23.5 Å². The van der Waals surface area contributed by atoms with E-state index in [0.717, 1.165) is 28.2 Å². The monoisotopic (exact) mass is 362 g/mol. The van der Waals surface area contributed by atoms with Crippen LogP contribution in [-0.4, -0.2) is 9.86 Å². The first-order chi connectivity index (χ1) is 12.3. The zero-order chi connectivity index (χ0) is 17.1. The summed E-state index contributed by atoms with van der Waals surface area (Å²) >= 11 is 3.38. The predicted molar refractivity (Wildman–Crippen MR) is 106 cm³/mol. The second-order valence-corrected chi connectivity index (χ2v) is 9.07. The quantitative estimate of drug-likeness (QED) is 0.522. The van der Waals surface area contributed by atoms with Crippen LogP contribution in [0.4, 0.5) is 0 Å². The number of thioether (sulfide) groups is 2. The zero-order valence-electron chi connectivity index (χ0n) is 13.7. The van der Waals surface area contributed by atoms with Gasteiger partial charge in [0.05, 0.1) is 0 Å². The number of aryl methyl sites for hydroxylation is 1. The Kier molecular flexibility index (Phi) is 4.69. The van der Waals surface area contributed by atoms with Crippen molar-refractivity contribution in [1.29, 1.82) is 0 Å². The first kappa shape index (κ1) is 16.5. The fourth-order valence-electron chi connectivity index (χ4n) is 3.15. The smallest absolute Gasteiger partial charge is 0.189 e. The molecule has 0 fully saturated rings. The van der Waals surface area contributed by atoms with E-state index in [0.29, 0.717) is 0 Å². The highest BCUT2D eigenvalue weighted by atomic mass is 32.2. The molecule has 3 aromatic rings. The number of ketones is 1. The maximum atomic E-state index is 13.5. The van der Waals surface area contributed by atoms with Gasteiger partial charge in [-0.3, -0.25) is 4.79 Å². The summed E-state index contributed by atoms with van der Waals surface area (Å²) in [4.78, 5) is 15.8. The number of benzene rings is 3. The maximum absolute atomic E-state index is 13.5. The van der Waals surface area contributed by atoms with Crippen LogP contribution in [0.2, 0.25) is 0 Å². The molecule has 25 heavy (non-hydrogen) atoms. The second-order valence-electron chi connectivity index (χ2n) is 6.07. The van der Waals surface area contributed by atoms with E-state index in [1.165, 1.54) is 5.56 Å². The van der Waals surface area contributed by atoms with Crippen LogP contribution in [0, 0.1) is 0 Å². The second kappa shape index (κ2) is 7.11. The Bertz CT molecular complexity index is 833. The number of carbonyl (C=O) groups excluding carboxylic acids is 1. The van der Waals surface area contributed by atoms with Crippen LogP contribution in [0.15, 0.2) is 94.7 Å². The van der Waals surface area contributed by atoms with Gasteiger partial charge in [-0.25, -0.2) is 0 Å². The fourth-order valence-corrected chi connectivity index (χ4v) is 6.06. The highest BCUT2D eigenvalue weighted by Gasteiger charge is 2.44. The highest BCUT2D eigenvalue weighted by Crippen LogP contribution is 2.52. The maximum Gasteiger partial charge on any atom is 0.189 e. The Hall–Kier alpha value is -1.97.